The third kappa shape index (κ3) is 3.66. The topological polar surface area (TPSA) is 60.5 Å². The monoisotopic (exact) mass is 500 g/mol. The lowest BCUT2D eigenvalue weighted by Gasteiger charge is -2.30. The van der Waals surface area contributed by atoms with Crippen molar-refractivity contribution >= 4 is 38.1 Å². The summed E-state index contributed by atoms with van der Waals surface area (Å²) >= 11 is 1.74. The van der Waals surface area contributed by atoms with Crippen LogP contribution in [0.25, 0.3) is 38.2 Å². The summed E-state index contributed by atoms with van der Waals surface area (Å²) in [5.74, 6) is 1.63. The summed E-state index contributed by atoms with van der Waals surface area (Å²) < 4.78 is 10.4. The maximum Gasteiger partial charge on any atom is 0.184 e. The maximum absolute atomic E-state index is 6.09. The number of aromatic nitrogens is 5. The smallest absolute Gasteiger partial charge is 0.184 e. The number of ether oxygens (including phenoxy) is 1. The van der Waals surface area contributed by atoms with Crippen LogP contribution < -0.4 is 0 Å². The van der Waals surface area contributed by atoms with Gasteiger partial charge in [0.25, 0.3) is 0 Å². The van der Waals surface area contributed by atoms with Gasteiger partial charge in [-0.25, -0.2) is 9.97 Å². The lowest BCUT2D eigenvalue weighted by molar-refractivity contribution is -0.0379. The van der Waals surface area contributed by atoms with E-state index in [0.717, 1.165) is 52.6 Å². The van der Waals surface area contributed by atoms with Crippen LogP contribution in [0, 0.1) is 6.92 Å². The summed E-state index contributed by atoms with van der Waals surface area (Å²) in [6.07, 6.45) is 7.12. The van der Waals surface area contributed by atoms with E-state index in [2.05, 4.69) is 53.8 Å². The Hall–Kier alpha value is -2.81. The van der Waals surface area contributed by atoms with Crippen molar-refractivity contribution < 1.29 is 4.74 Å². The predicted molar refractivity (Wildman–Crippen MR) is 145 cm³/mol. The highest BCUT2D eigenvalue weighted by atomic mass is 32.1. The van der Waals surface area contributed by atoms with Gasteiger partial charge in [0, 0.05) is 47.1 Å². The Morgan fingerprint density at radius 1 is 1.06 bits per heavy atom. The first-order valence-corrected chi connectivity index (χ1v) is 13.9. The van der Waals surface area contributed by atoms with Crippen molar-refractivity contribution in [2.45, 2.75) is 65.2 Å². The number of para-hydroxylation sites is 1. The molecule has 7 nitrogen and oxygen atoms in total. The molecule has 0 radical (unpaired) electrons. The Bertz CT molecular complexity index is 1600. The van der Waals surface area contributed by atoms with Crippen molar-refractivity contribution in [2.24, 2.45) is 0 Å². The third-order valence-electron chi connectivity index (χ3n) is 7.80. The van der Waals surface area contributed by atoms with Crippen LogP contribution in [0.5, 0.6) is 0 Å². The number of thiophene rings is 1. The number of fused-ring (bicyclic) bond motifs is 6. The van der Waals surface area contributed by atoms with Crippen LogP contribution >= 0.6 is 11.3 Å². The molecule has 0 aliphatic carbocycles. The Morgan fingerprint density at radius 3 is 2.75 bits per heavy atom. The SMILES string of the molecule is Cc1nc2sc3c(c2c2nc(-c4cn(CCN5CCCCC5)c5ccccc45)nn12)CC(C)(C)OC3. The van der Waals surface area contributed by atoms with Crippen molar-refractivity contribution in [2.75, 3.05) is 19.6 Å². The van der Waals surface area contributed by atoms with Gasteiger partial charge in [-0.2, -0.15) is 4.52 Å². The molecule has 2 aliphatic rings. The largest absolute Gasteiger partial charge is 0.370 e. The molecule has 36 heavy (non-hydrogen) atoms. The fraction of sp³-hybridized carbons (Fsp3) is 0.464. The number of benzene rings is 1. The Kier molecular flexibility index (Phi) is 5.20. The van der Waals surface area contributed by atoms with E-state index in [-0.39, 0.29) is 5.60 Å². The van der Waals surface area contributed by atoms with Gasteiger partial charge in [-0.05, 0) is 58.3 Å². The minimum absolute atomic E-state index is 0.187. The normalized spacial score (nSPS) is 18.4. The van der Waals surface area contributed by atoms with Gasteiger partial charge in [0.1, 0.15) is 10.7 Å². The maximum atomic E-state index is 6.09. The molecule has 0 amide bonds. The van der Waals surface area contributed by atoms with Crippen LogP contribution in [0.2, 0.25) is 0 Å². The molecule has 0 spiro atoms. The van der Waals surface area contributed by atoms with Crippen LogP contribution in [-0.4, -0.2) is 54.3 Å². The number of hydrogen-bond acceptors (Lipinski definition) is 6. The number of rotatable bonds is 4. The van der Waals surface area contributed by atoms with Gasteiger partial charge in [0.2, 0.25) is 0 Å². The highest BCUT2D eigenvalue weighted by Gasteiger charge is 2.31. The van der Waals surface area contributed by atoms with Gasteiger partial charge in [-0.3, -0.25) is 0 Å². The quantitative estimate of drug-likeness (QED) is 0.321. The predicted octanol–water partition coefficient (Wildman–Crippen LogP) is 5.61. The summed E-state index contributed by atoms with van der Waals surface area (Å²) in [6.45, 7) is 11.5. The molecule has 4 aromatic heterocycles. The van der Waals surface area contributed by atoms with E-state index in [1.165, 1.54) is 53.7 Å². The number of hydrogen-bond donors (Lipinski definition) is 0. The van der Waals surface area contributed by atoms with E-state index in [1.54, 1.807) is 11.3 Å². The molecule has 8 heteroatoms. The van der Waals surface area contributed by atoms with Crippen molar-refractivity contribution in [1.29, 1.82) is 0 Å². The van der Waals surface area contributed by atoms with E-state index in [4.69, 9.17) is 19.8 Å². The van der Waals surface area contributed by atoms with Gasteiger partial charge >= 0.3 is 0 Å². The molecule has 1 aromatic carbocycles. The van der Waals surface area contributed by atoms with Crippen LogP contribution in [0.1, 0.15) is 49.4 Å². The molecule has 0 N–H and O–H groups in total. The zero-order valence-electron chi connectivity index (χ0n) is 21.3. The molecule has 0 saturated carbocycles. The summed E-state index contributed by atoms with van der Waals surface area (Å²) in [5, 5.41) is 7.35. The third-order valence-corrected chi connectivity index (χ3v) is 8.90. The highest BCUT2D eigenvalue weighted by Crippen LogP contribution is 2.40. The van der Waals surface area contributed by atoms with Gasteiger partial charge in [-0.1, -0.05) is 24.6 Å². The Labute approximate surface area is 214 Å². The molecule has 0 bridgehead atoms. The zero-order valence-corrected chi connectivity index (χ0v) is 22.1. The van der Waals surface area contributed by atoms with E-state index < -0.39 is 0 Å². The fourth-order valence-electron chi connectivity index (χ4n) is 5.90. The molecule has 186 valence electrons. The van der Waals surface area contributed by atoms with Crippen molar-refractivity contribution in [3.8, 4) is 11.4 Å². The number of piperidine rings is 1. The van der Waals surface area contributed by atoms with Crippen molar-refractivity contribution in [1.82, 2.24) is 29.0 Å². The van der Waals surface area contributed by atoms with Crippen LogP contribution in [0.15, 0.2) is 30.5 Å². The standard InChI is InChI=1S/C28H32N6OS/c1-18-29-27-24(20-15-28(2,3)35-17-23(20)36-27)26-30-25(31-34(18)26)21-16-33(22-10-6-5-9-19(21)22)14-13-32-11-7-4-8-12-32/h5-6,9-10,16H,4,7-8,11-15,17H2,1-3H3. The minimum atomic E-state index is -0.187. The molecule has 0 atom stereocenters. The van der Waals surface area contributed by atoms with Gasteiger partial charge in [0.05, 0.1) is 17.6 Å². The summed E-state index contributed by atoms with van der Waals surface area (Å²) in [7, 11) is 0. The van der Waals surface area contributed by atoms with Gasteiger partial charge < -0.3 is 14.2 Å². The lowest BCUT2D eigenvalue weighted by Crippen LogP contribution is -2.32. The van der Waals surface area contributed by atoms with Crippen LogP contribution in [0.4, 0.5) is 0 Å². The Balaban J connectivity index is 1.34. The minimum Gasteiger partial charge on any atom is -0.370 e. The number of aryl methyl sites for hydroxylation is 1. The van der Waals surface area contributed by atoms with Crippen molar-refractivity contribution in [3.63, 3.8) is 0 Å². The van der Waals surface area contributed by atoms with E-state index in [9.17, 15) is 0 Å². The van der Waals surface area contributed by atoms with E-state index in [1.807, 2.05) is 11.4 Å². The highest BCUT2D eigenvalue weighted by molar-refractivity contribution is 7.19. The van der Waals surface area contributed by atoms with E-state index in [0.29, 0.717) is 6.61 Å². The molecule has 7 rings (SSSR count). The summed E-state index contributed by atoms with van der Waals surface area (Å²) in [4.78, 5) is 15.0. The first kappa shape index (κ1) is 22.4. The van der Waals surface area contributed by atoms with E-state index >= 15 is 0 Å². The lowest BCUT2D eigenvalue weighted by atomic mass is 9.94. The van der Waals surface area contributed by atoms with Crippen molar-refractivity contribution in [3.05, 3.63) is 46.7 Å². The molecule has 6 heterocycles. The van der Waals surface area contributed by atoms with Crippen LogP contribution in [-0.2, 0) is 24.3 Å². The Morgan fingerprint density at radius 2 is 1.89 bits per heavy atom. The molecule has 0 unspecified atom stereocenters. The fourth-order valence-corrected chi connectivity index (χ4v) is 7.04. The first-order valence-electron chi connectivity index (χ1n) is 13.1. The van der Waals surface area contributed by atoms with Gasteiger partial charge in [0.15, 0.2) is 11.5 Å². The molecular weight excluding hydrogens is 468 g/mol. The molecule has 2 aliphatic heterocycles. The molecular formula is C28H32N6OS. The number of nitrogens with zero attached hydrogens (tertiary/aromatic N) is 6. The second-order valence-corrected chi connectivity index (χ2v) is 12.0. The summed E-state index contributed by atoms with van der Waals surface area (Å²) in [5.41, 5.74) is 4.39. The zero-order chi connectivity index (χ0) is 24.4. The second kappa shape index (κ2) is 8.36. The van der Waals surface area contributed by atoms with Crippen LogP contribution in [0.3, 0.4) is 0 Å². The second-order valence-electron chi connectivity index (χ2n) is 10.9. The van der Waals surface area contributed by atoms with Gasteiger partial charge in [-0.15, -0.1) is 16.4 Å². The average Bonchev–Trinajstić information content (AvgIpc) is 3.56. The average molecular weight is 501 g/mol. The molecule has 1 fully saturated rings. The molecule has 1 saturated heterocycles. The number of likely N-dealkylation sites (tertiary alicyclic amines) is 1. The summed E-state index contributed by atoms with van der Waals surface area (Å²) in [6, 6.07) is 8.65. The first-order chi connectivity index (χ1) is 17.5. The molecule has 5 aromatic rings.